The van der Waals surface area contributed by atoms with Gasteiger partial charge in [-0.3, -0.25) is 4.79 Å². The Bertz CT molecular complexity index is 325. The number of hydrogen-bond acceptors (Lipinski definition) is 4. The summed E-state index contributed by atoms with van der Waals surface area (Å²) >= 11 is 0. The minimum absolute atomic E-state index is 0.191. The van der Waals surface area contributed by atoms with Crippen molar-refractivity contribution in [1.82, 2.24) is 4.90 Å². The van der Waals surface area contributed by atoms with E-state index in [1.54, 1.807) is 0 Å². The summed E-state index contributed by atoms with van der Waals surface area (Å²) in [4.78, 5) is 25.8. The monoisotopic (exact) mass is 213 g/mol. The summed E-state index contributed by atoms with van der Waals surface area (Å²) in [7, 11) is 0. The van der Waals surface area contributed by atoms with Gasteiger partial charge in [0.1, 0.15) is 12.6 Å². The van der Waals surface area contributed by atoms with Crippen molar-refractivity contribution in [2.24, 2.45) is 10.8 Å². The Morgan fingerprint density at radius 3 is 2.87 bits per heavy atom. The van der Waals surface area contributed by atoms with Gasteiger partial charge in [-0.05, 0) is 12.0 Å². The highest BCUT2D eigenvalue weighted by Crippen LogP contribution is 2.16. The second-order valence-electron chi connectivity index (χ2n) is 3.28. The summed E-state index contributed by atoms with van der Waals surface area (Å²) < 4.78 is 0. The van der Waals surface area contributed by atoms with Crippen LogP contribution in [0.1, 0.15) is 6.42 Å². The first kappa shape index (κ1) is 11.3. The number of hydrogen-bond donors (Lipinski definition) is 2. The third kappa shape index (κ3) is 2.58. The van der Waals surface area contributed by atoms with E-state index in [0.29, 0.717) is 0 Å². The SMILES string of the molecule is [N-]=[N+]=NCC(=O)N1C[C@H](N)C[C@H]1C(=O)O. The van der Waals surface area contributed by atoms with Gasteiger partial charge in [0, 0.05) is 17.5 Å². The van der Waals surface area contributed by atoms with Crippen molar-refractivity contribution in [3.63, 3.8) is 0 Å². The van der Waals surface area contributed by atoms with Gasteiger partial charge in [0.05, 0.1) is 0 Å². The Labute approximate surface area is 85.3 Å². The molecule has 3 N–H and O–H groups in total. The lowest BCUT2D eigenvalue weighted by Crippen LogP contribution is -2.41. The Morgan fingerprint density at radius 2 is 2.33 bits per heavy atom. The predicted octanol–water partition coefficient (Wildman–Crippen LogP) is -0.690. The summed E-state index contributed by atoms with van der Waals surface area (Å²) in [5, 5.41) is 11.9. The summed E-state index contributed by atoms with van der Waals surface area (Å²) in [6.07, 6.45) is 0.233. The highest BCUT2D eigenvalue weighted by molar-refractivity contribution is 5.85. The Hall–Kier alpha value is -1.79. The molecule has 1 amide bonds. The van der Waals surface area contributed by atoms with Crippen molar-refractivity contribution in [2.75, 3.05) is 13.1 Å². The van der Waals surface area contributed by atoms with Crippen LogP contribution >= 0.6 is 0 Å². The lowest BCUT2D eigenvalue weighted by Gasteiger charge is -2.20. The molecule has 1 rings (SSSR count). The minimum atomic E-state index is -1.09. The molecule has 0 aromatic carbocycles. The van der Waals surface area contributed by atoms with Crippen LogP contribution in [0.15, 0.2) is 5.11 Å². The maximum Gasteiger partial charge on any atom is 0.326 e. The molecule has 82 valence electrons. The molecule has 1 fully saturated rings. The molecule has 0 bridgehead atoms. The van der Waals surface area contributed by atoms with Crippen LogP contribution in [-0.4, -0.2) is 47.1 Å². The Morgan fingerprint density at radius 1 is 1.67 bits per heavy atom. The van der Waals surface area contributed by atoms with Gasteiger partial charge < -0.3 is 15.7 Å². The predicted molar refractivity (Wildman–Crippen MR) is 49.7 cm³/mol. The number of amides is 1. The van der Waals surface area contributed by atoms with Gasteiger partial charge in [-0.2, -0.15) is 0 Å². The summed E-state index contributed by atoms with van der Waals surface area (Å²) in [5.41, 5.74) is 13.6. The van der Waals surface area contributed by atoms with E-state index in [-0.39, 0.29) is 25.6 Å². The molecule has 0 saturated carbocycles. The number of rotatable bonds is 3. The molecule has 1 aliphatic heterocycles. The number of nitrogens with two attached hydrogens (primary N) is 1. The lowest BCUT2D eigenvalue weighted by atomic mass is 10.2. The standard InChI is InChI=1S/C7H11N5O3/c8-4-1-5(7(14)15)12(3-4)6(13)2-10-11-9/h4-5H,1-3,8H2,(H,14,15)/t4-,5+/m1/s1. The molecule has 15 heavy (non-hydrogen) atoms. The number of aliphatic carboxylic acids is 1. The van der Waals surface area contributed by atoms with Crippen molar-refractivity contribution < 1.29 is 14.7 Å². The van der Waals surface area contributed by atoms with Crippen LogP contribution in [0.5, 0.6) is 0 Å². The quantitative estimate of drug-likeness (QED) is 0.364. The van der Waals surface area contributed by atoms with E-state index in [2.05, 4.69) is 10.0 Å². The molecule has 1 heterocycles. The summed E-state index contributed by atoms with van der Waals surface area (Å²) in [5.74, 6) is -1.59. The second kappa shape index (κ2) is 4.63. The zero-order valence-corrected chi connectivity index (χ0v) is 7.91. The fourth-order valence-corrected chi connectivity index (χ4v) is 1.56. The number of nitrogens with zero attached hydrogens (tertiary/aromatic N) is 4. The van der Waals surface area contributed by atoms with Crippen LogP contribution in [0.3, 0.4) is 0 Å². The smallest absolute Gasteiger partial charge is 0.326 e. The van der Waals surface area contributed by atoms with E-state index in [4.69, 9.17) is 16.4 Å². The molecule has 0 spiro atoms. The molecular weight excluding hydrogens is 202 g/mol. The molecule has 8 nitrogen and oxygen atoms in total. The normalized spacial score (nSPS) is 24.7. The molecule has 1 saturated heterocycles. The maximum absolute atomic E-state index is 11.4. The summed E-state index contributed by atoms with van der Waals surface area (Å²) in [6, 6.07) is -1.23. The first-order valence-corrected chi connectivity index (χ1v) is 4.35. The van der Waals surface area contributed by atoms with E-state index >= 15 is 0 Å². The molecule has 0 aromatic rings. The van der Waals surface area contributed by atoms with Crippen molar-refractivity contribution in [3.05, 3.63) is 10.4 Å². The number of carbonyl (C=O) groups is 2. The first-order valence-electron chi connectivity index (χ1n) is 4.35. The highest BCUT2D eigenvalue weighted by Gasteiger charge is 2.37. The average Bonchev–Trinajstić information content (AvgIpc) is 2.57. The van der Waals surface area contributed by atoms with E-state index in [1.165, 1.54) is 0 Å². The Balaban J connectivity index is 2.70. The topological polar surface area (TPSA) is 132 Å². The van der Waals surface area contributed by atoms with Crippen molar-refractivity contribution in [3.8, 4) is 0 Å². The average molecular weight is 213 g/mol. The van der Waals surface area contributed by atoms with Gasteiger partial charge >= 0.3 is 5.97 Å². The van der Waals surface area contributed by atoms with Crippen LogP contribution < -0.4 is 5.73 Å². The van der Waals surface area contributed by atoms with Gasteiger partial charge in [0.15, 0.2) is 0 Å². The van der Waals surface area contributed by atoms with Gasteiger partial charge in [-0.1, -0.05) is 5.11 Å². The van der Waals surface area contributed by atoms with Gasteiger partial charge in [-0.15, -0.1) is 0 Å². The minimum Gasteiger partial charge on any atom is -0.480 e. The number of azide groups is 1. The van der Waals surface area contributed by atoms with Gasteiger partial charge in [0.2, 0.25) is 5.91 Å². The van der Waals surface area contributed by atoms with E-state index in [0.717, 1.165) is 4.90 Å². The van der Waals surface area contributed by atoms with Crippen LogP contribution in [0.2, 0.25) is 0 Å². The molecule has 2 atom stereocenters. The first-order chi connectivity index (χ1) is 7.06. The number of carbonyl (C=O) groups excluding carboxylic acids is 1. The third-order valence-corrected chi connectivity index (χ3v) is 2.21. The molecule has 0 radical (unpaired) electrons. The van der Waals surface area contributed by atoms with Crippen molar-refractivity contribution in [2.45, 2.75) is 18.5 Å². The van der Waals surface area contributed by atoms with Gasteiger partial charge in [0.25, 0.3) is 0 Å². The second-order valence-corrected chi connectivity index (χ2v) is 3.28. The van der Waals surface area contributed by atoms with E-state index < -0.39 is 17.9 Å². The summed E-state index contributed by atoms with van der Waals surface area (Å²) in [6.45, 7) is -0.177. The lowest BCUT2D eigenvalue weighted by molar-refractivity contribution is -0.147. The van der Waals surface area contributed by atoms with Crippen LogP contribution in [0, 0.1) is 0 Å². The third-order valence-electron chi connectivity index (χ3n) is 2.21. The molecular formula is C7H11N5O3. The molecule has 0 aromatic heterocycles. The molecule has 1 aliphatic rings. The highest BCUT2D eigenvalue weighted by atomic mass is 16.4. The zero-order valence-electron chi connectivity index (χ0n) is 7.91. The van der Waals surface area contributed by atoms with Crippen LogP contribution in [0.25, 0.3) is 10.4 Å². The van der Waals surface area contributed by atoms with Gasteiger partial charge in [-0.25, -0.2) is 4.79 Å². The molecule has 8 heteroatoms. The van der Waals surface area contributed by atoms with Crippen LogP contribution in [0.4, 0.5) is 0 Å². The molecule has 0 aliphatic carbocycles. The zero-order chi connectivity index (χ0) is 11.4. The number of likely N-dealkylation sites (tertiary alicyclic amines) is 1. The number of carboxylic acid groups (broad SMARTS) is 1. The van der Waals surface area contributed by atoms with E-state index in [9.17, 15) is 9.59 Å². The fourth-order valence-electron chi connectivity index (χ4n) is 1.56. The molecule has 0 unspecified atom stereocenters. The maximum atomic E-state index is 11.4. The fraction of sp³-hybridized carbons (Fsp3) is 0.714. The number of carboxylic acids is 1. The Kier molecular flexibility index (Phi) is 3.48. The van der Waals surface area contributed by atoms with Crippen molar-refractivity contribution >= 4 is 11.9 Å². The van der Waals surface area contributed by atoms with Crippen molar-refractivity contribution in [1.29, 1.82) is 0 Å². The van der Waals surface area contributed by atoms with Crippen LogP contribution in [-0.2, 0) is 9.59 Å². The largest absolute Gasteiger partial charge is 0.480 e. The van der Waals surface area contributed by atoms with E-state index in [1.807, 2.05) is 0 Å².